The lowest BCUT2D eigenvalue weighted by atomic mass is 9.90. The molecule has 2 aromatic carbocycles. The topological polar surface area (TPSA) is 103 Å². The van der Waals surface area contributed by atoms with Crippen LogP contribution in [0, 0.1) is 6.92 Å². The Hall–Kier alpha value is -3.94. The second-order valence-electron chi connectivity index (χ2n) is 8.41. The molecule has 1 aliphatic rings. The number of carbonyl (C=O) groups is 2. The Bertz CT molecular complexity index is 1130. The van der Waals surface area contributed by atoms with Crippen molar-refractivity contribution in [2.24, 2.45) is 0 Å². The zero-order valence-electron chi connectivity index (χ0n) is 20.6. The Kier molecular flexibility index (Phi) is 8.41. The van der Waals surface area contributed by atoms with Gasteiger partial charge in [-0.15, -0.1) is 0 Å². The molecule has 2 N–H and O–H groups in total. The maximum Gasteiger partial charge on any atom is 0.513 e. The Balaban J connectivity index is 2.00. The van der Waals surface area contributed by atoms with Gasteiger partial charge < -0.3 is 29.4 Å². The van der Waals surface area contributed by atoms with Gasteiger partial charge in [0, 0.05) is 5.56 Å². The van der Waals surface area contributed by atoms with Crippen LogP contribution in [0.15, 0.2) is 71.4 Å². The first kappa shape index (κ1) is 25.7. The molecule has 3 rings (SSSR count). The normalized spacial score (nSPS) is 16.3. The van der Waals surface area contributed by atoms with E-state index in [9.17, 15) is 14.7 Å². The molecule has 1 aliphatic heterocycles. The number of ether oxygens (including phenoxy) is 4. The zero-order valence-corrected chi connectivity index (χ0v) is 20.6. The van der Waals surface area contributed by atoms with Gasteiger partial charge >= 0.3 is 12.3 Å². The van der Waals surface area contributed by atoms with Gasteiger partial charge in [-0.2, -0.15) is 0 Å². The van der Waals surface area contributed by atoms with Crippen molar-refractivity contribution in [3.05, 3.63) is 88.1 Å². The van der Waals surface area contributed by atoms with Gasteiger partial charge in [-0.1, -0.05) is 55.0 Å². The largest absolute Gasteiger partial charge is 0.513 e. The summed E-state index contributed by atoms with van der Waals surface area (Å²) in [5.41, 5.74) is 3.71. The van der Waals surface area contributed by atoms with Crippen molar-refractivity contribution < 1.29 is 33.6 Å². The molecule has 0 saturated heterocycles. The highest BCUT2D eigenvalue weighted by molar-refractivity contribution is 5.65. The molecule has 1 heterocycles. The Morgan fingerprint density at radius 2 is 1.60 bits per heavy atom. The highest BCUT2D eigenvalue weighted by Gasteiger charge is 2.37. The van der Waals surface area contributed by atoms with Crippen molar-refractivity contribution in [3.8, 4) is 5.75 Å². The minimum atomic E-state index is -1.48. The molecule has 35 heavy (non-hydrogen) atoms. The number of allylic oxidation sites excluding steroid dienone is 2. The first-order valence-electron chi connectivity index (χ1n) is 11.4. The van der Waals surface area contributed by atoms with E-state index in [-0.39, 0.29) is 17.6 Å². The van der Waals surface area contributed by atoms with Gasteiger partial charge in [0.15, 0.2) is 0 Å². The molecular weight excluding hydrogens is 450 g/mol. The molecular formula is C27H31NO7. The number of carbonyl (C=O) groups excluding carboxylic acids is 1. The number of rotatable bonds is 8. The molecule has 0 amide bonds. The standard InChI is InChI=1S/C27H31NO7/c1-6-17(3)33-27(31)35-25-19(5)28-18(4)24(34-26(29)30)23(25)21-9-7-8-10-22(21)32-15-20-13-11-16(2)12-14-20/h7-14,17,23,28H,6,15H2,1-5H3,(H,29,30). The summed E-state index contributed by atoms with van der Waals surface area (Å²) in [7, 11) is 0. The summed E-state index contributed by atoms with van der Waals surface area (Å²) in [4.78, 5) is 24.1. The number of benzene rings is 2. The number of hydrogen-bond acceptors (Lipinski definition) is 7. The average Bonchev–Trinajstić information content (AvgIpc) is 2.82. The molecule has 0 saturated carbocycles. The van der Waals surface area contributed by atoms with Gasteiger partial charge in [-0.3, -0.25) is 0 Å². The van der Waals surface area contributed by atoms with Crippen LogP contribution in [0.1, 0.15) is 56.7 Å². The highest BCUT2D eigenvalue weighted by Crippen LogP contribution is 2.43. The van der Waals surface area contributed by atoms with E-state index in [1.165, 1.54) is 0 Å². The van der Waals surface area contributed by atoms with Crippen LogP contribution < -0.4 is 10.1 Å². The van der Waals surface area contributed by atoms with Gasteiger partial charge in [-0.25, -0.2) is 9.59 Å². The second kappa shape index (κ2) is 11.5. The van der Waals surface area contributed by atoms with Crippen LogP contribution in [-0.4, -0.2) is 23.5 Å². The molecule has 0 bridgehead atoms. The maximum absolute atomic E-state index is 12.5. The highest BCUT2D eigenvalue weighted by atomic mass is 16.7. The molecule has 0 fully saturated rings. The Morgan fingerprint density at radius 3 is 2.23 bits per heavy atom. The fourth-order valence-electron chi connectivity index (χ4n) is 3.66. The number of aryl methyl sites for hydroxylation is 1. The Morgan fingerprint density at radius 1 is 0.971 bits per heavy atom. The minimum absolute atomic E-state index is 0.0841. The van der Waals surface area contributed by atoms with Crippen molar-refractivity contribution in [1.29, 1.82) is 0 Å². The van der Waals surface area contributed by atoms with Crippen LogP contribution in [-0.2, 0) is 20.8 Å². The fraction of sp³-hybridized carbons (Fsp3) is 0.333. The molecule has 186 valence electrons. The van der Waals surface area contributed by atoms with Crippen LogP contribution >= 0.6 is 0 Å². The van der Waals surface area contributed by atoms with Crippen molar-refractivity contribution in [1.82, 2.24) is 5.32 Å². The minimum Gasteiger partial charge on any atom is -0.489 e. The van der Waals surface area contributed by atoms with E-state index >= 15 is 0 Å². The van der Waals surface area contributed by atoms with Gasteiger partial charge in [0.25, 0.3) is 0 Å². The summed E-state index contributed by atoms with van der Waals surface area (Å²) >= 11 is 0. The van der Waals surface area contributed by atoms with Crippen molar-refractivity contribution in [2.45, 2.75) is 59.7 Å². The van der Waals surface area contributed by atoms with Crippen LogP contribution in [0.3, 0.4) is 0 Å². The summed E-state index contributed by atoms with van der Waals surface area (Å²) in [6, 6.07) is 15.2. The van der Waals surface area contributed by atoms with E-state index < -0.39 is 18.2 Å². The van der Waals surface area contributed by atoms with Crippen LogP contribution in [0.2, 0.25) is 0 Å². The number of para-hydroxylation sites is 1. The van der Waals surface area contributed by atoms with Crippen LogP contribution in [0.4, 0.5) is 9.59 Å². The lowest BCUT2D eigenvalue weighted by molar-refractivity contribution is 0.0405. The third-order valence-electron chi connectivity index (χ3n) is 5.65. The monoisotopic (exact) mass is 481 g/mol. The molecule has 0 radical (unpaired) electrons. The predicted octanol–water partition coefficient (Wildman–Crippen LogP) is 6.37. The average molecular weight is 482 g/mol. The summed E-state index contributed by atoms with van der Waals surface area (Å²) in [5.74, 6) is -0.0955. The molecule has 8 heteroatoms. The van der Waals surface area contributed by atoms with Gasteiger partial charge in [0.1, 0.15) is 35.9 Å². The lowest BCUT2D eigenvalue weighted by Crippen LogP contribution is -2.29. The van der Waals surface area contributed by atoms with Crippen molar-refractivity contribution >= 4 is 12.3 Å². The quantitative estimate of drug-likeness (QED) is 0.419. The second-order valence-corrected chi connectivity index (χ2v) is 8.41. The van der Waals surface area contributed by atoms with E-state index in [1.54, 1.807) is 39.0 Å². The third kappa shape index (κ3) is 6.56. The Labute approximate surface area is 205 Å². The number of hydrogen-bond donors (Lipinski definition) is 2. The van der Waals surface area contributed by atoms with Gasteiger partial charge in [-0.05, 0) is 45.7 Å². The molecule has 0 aromatic heterocycles. The van der Waals surface area contributed by atoms with E-state index in [0.29, 0.717) is 35.7 Å². The van der Waals surface area contributed by atoms with Crippen molar-refractivity contribution in [3.63, 3.8) is 0 Å². The maximum atomic E-state index is 12.5. The SMILES string of the molecule is CCC(C)OC(=O)OC1=C(C)NC(C)=C(OC(=O)O)C1c1ccccc1OCc1ccc(C)cc1. The molecule has 2 atom stereocenters. The summed E-state index contributed by atoms with van der Waals surface area (Å²) in [5, 5.41) is 12.4. The summed E-state index contributed by atoms with van der Waals surface area (Å²) in [6.07, 6.45) is -2.08. The number of nitrogens with one attached hydrogen (secondary N) is 1. The van der Waals surface area contributed by atoms with E-state index in [0.717, 1.165) is 11.1 Å². The molecule has 0 spiro atoms. The summed E-state index contributed by atoms with van der Waals surface area (Å²) < 4.78 is 22.2. The van der Waals surface area contributed by atoms with Gasteiger partial charge in [0.05, 0.1) is 11.4 Å². The van der Waals surface area contributed by atoms with E-state index in [4.69, 9.17) is 18.9 Å². The van der Waals surface area contributed by atoms with E-state index in [1.807, 2.05) is 44.2 Å². The van der Waals surface area contributed by atoms with E-state index in [2.05, 4.69) is 5.32 Å². The fourth-order valence-corrected chi connectivity index (χ4v) is 3.66. The first-order valence-corrected chi connectivity index (χ1v) is 11.4. The van der Waals surface area contributed by atoms with Crippen LogP contribution in [0.25, 0.3) is 0 Å². The zero-order chi connectivity index (χ0) is 25.5. The van der Waals surface area contributed by atoms with Crippen molar-refractivity contribution in [2.75, 3.05) is 0 Å². The van der Waals surface area contributed by atoms with Crippen LogP contribution in [0.5, 0.6) is 5.75 Å². The third-order valence-corrected chi connectivity index (χ3v) is 5.65. The summed E-state index contributed by atoms with van der Waals surface area (Å²) in [6.45, 7) is 9.39. The lowest BCUT2D eigenvalue weighted by Gasteiger charge is -2.31. The molecule has 2 aromatic rings. The smallest absolute Gasteiger partial charge is 0.489 e. The first-order chi connectivity index (χ1) is 16.7. The molecule has 2 unspecified atom stereocenters. The molecule has 8 nitrogen and oxygen atoms in total. The molecule has 0 aliphatic carbocycles. The number of carboxylic acid groups (broad SMARTS) is 1. The number of dihydropyridines is 1. The van der Waals surface area contributed by atoms with Gasteiger partial charge in [0.2, 0.25) is 0 Å². The predicted molar refractivity (Wildman–Crippen MR) is 130 cm³/mol.